The maximum absolute atomic E-state index is 12.4. The summed E-state index contributed by atoms with van der Waals surface area (Å²) in [7, 11) is 0. The zero-order valence-electron chi connectivity index (χ0n) is 12.8. The molecular weight excluding hydrogens is 284 g/mol. The van der Waals surface area contributed by atoms with Crippen LogP contribution in [0.1, 0.15) is 57.1 Å². The van der Waals surface area contributed by atoms with E-state index in [4.69, 9.17) is 5.73 Å². The number of rotatable bonds is 5. The van der Waals surface area contributed by atoms with Gasteiger partial charge in [0.15, 0.2) is 0 Å². The Morgan fingerprint density at radius 1 is 1.33 bits per heavy atom. The van der Waals surface area contributed by atoms with Crippen molar-refractivity contribution in [3.05, 3.63) is 35.9 Å². The van der Waals surface area contributed by atoms with Crippen molar-refractivity contribution < 1.29 is 4.79 Å². The lowest BCUT2D eigenvalue weighted by atomic mass is 9.98. The van der Waals surface area contributed by atoms with Crippen LogP contribution in [0.5, 0.6) is 0 Å². The summed E-state index contributed by atoms with van der Waals surface area (Å²) in [4.78, 5) is 14.5. The summed E-state index contributed by atoms with van der Waals surface area (Å²) in [6.07, 6.45) is 5.92. The maximum atomic E-state index is 12.4. The summed E-state index contributed by atoms with van der Waals surface area (Å²) in [6.45, 7) is 3.10. The predicted molar refractivity (Wildman–Crippen MR) is 89.5 cm³/mol. The van der Waals surface area contributed by atoms with E-state index in [9.17, 15) is 4.79 Å². The second-order valence-corrected chi connectivity index (χ2v) is 5.70. The first-order chi connectivity index (χ1) is 9.72. The van der Waals surface area contributed by atoms with Gasteiger partial charge in [-0.2, -0.15) is 0 Å². The van der Waals surface area contributed by atoms with E-state index in [2.05, 4.69) is 11.8 Å². The highest BCUT2D eigenvalue weighted by Gasteiger charge is 2.25. The van der Waals surface area contributed by atoms with E-state index in [1.54, 1.807) is 0 Å². The molecule has 4 heteroatoms. The van der Waals surface area contributed by atoms with E-state index in [0.29, 0.717) is 12.5 Å². The molecule has 0 aromatic heterocycles. The molecule has 2 atom stereocenters. The Morgan fingerprint density at radius 3 is 2.71 bits per heavy atom. The fourth-order valence-corrected chi connectivity index (χ4v) is 3.04. The van der Waals surface area contributed by atoms with Gasteiger partial charge in [0.2, 0.25) is 5.91 Å². The van der Waals surface area contributed by atoms with Crippen LogP contribution in [0, 0.1) is 0 Å². The van der Waals surface area contributed by atoms with E-state index in [1.807, 2.05) is 30.3 Å². The van der Waals surface area contributed by atoms with Crippen molar-refractivity contribution in [1.29, 1.82) is 0 Å². The van der Waals surface area contributed by atoms with Gasteiger partial charge in [0, 0.05) is 25.0 Å². The first-order valence-electron chi connectivity index (χ1n) is 7.82. The first kappa shape index (κ1) is 18.0. The molecule has 3 nitrogen and oxygen atoms in total. The number of amides is 1. The third-order valence-corrected chi connectivity index (χ3v) is 4.32. The van der Waals surface area contributed by atoms with Crippen molar-refractivity contribution >= 4 is 18.3 Å². The summed E-state index contributed by atoms with van der Waals surface area (Å²) in [5.41, 5.74) is 7.29. The molecular formula is C17H27ClN2O. The largest absolute Gasteiger partial charge is 0.340 e. The third-order valence-electron chi connectivity index (χ3n) is 4.32. The molecule has 1 heterocycles. The second-order valence-electron chi connectivity index (χ2n) is 5.70. The molecule has 1 fully saturated rings. The smallest absolute Gasteiger partial charge is 0.222 e. The molecule has 21 heavy (non-hydrogen) atoms. The number of carbonyl (C=O) groups excluding carboxylic acids is 1. The molecule has 2 rings (SSSR count). The Bertz CT molecular complexity index is 424. The summed E-state index contributed by atoms with van der Waals surface area (Å²) in [5.74, 6) is 0.280. The highest BCUT2D eigenvalue weighted by Crippen LogP contribution is 2.22. The minimum Gasteiger partial charge on any atom is -0.340 e. The number of halogens is 1. The molecule has 1 aromatic carbocycles. The zero-order valence-corrected chi connectivity index (χ0v) is 13.6. The Hall–Kier alpha value is -1.06. The van der Waals surface area contributed by atoms with Crippen molar-refractivity contribution in [2.75, 3.05) is 6.54 Å². The van der Waals surface area contributed by atoms with Gasteiger partial charge in [-0.3, -0.25) is 4.79 Å². The van der Waals surface area contributed by atoms with Crippen molar-refractivity contribution in [2.45, 2.75) is 57.5 Å². The molecule has 0 saturated carbocycles. The number of benzene rings is 1. The van der Waals surface area contributed by atoms with Gasteiger partial charge >= 0.3 is 0 Å². The van der Waals surface area contributed by atoms with E-state index in [1.165, 1.54) is 6.42 Å². The monoisotopic (exact) mass is 310 g/mol. The number of nitrogens with two attached hydrogens (primary N) is 1. The van der Waals surface area contributed by atoms with Gasteiger partial charge < -0.3 is 10.6 Å². The molecule has 1 amide bonds. The average Bonchev–Trinajstić information content (AvgIpc) is 2.53. The molecule has 0 bridgehead atoms. The van der Waals surface area contributed by atoms with Crippen molar-refractivity contribution in [2.24, 2.45) is 5.73 Å². The highest BCUT2D eigenvalue weighted by molar-refractivity contribution is 5.85. The number of likely N-dealkylation sites (tertiary alicyclic amines) is 1. The number of hydrogen-bond acceptors (Lipinski definition) is 2. The Morgan fingerprint density at radius 2 is 2.05 bits per heavy atom. The molecule has 1 aliphatic rings. The van der Waals surface area contributed by atoms with Crippen LogP contribution in [0.2, 0.25) is 0 Å². The number of carbonyl (C=O) groups is 1. The van der Waals surface area contributed by atoms with Gasteiger partial charge in [0.25, 0.3) is 0 Å². The van der Waals surface area contributed by atoms with Crippen molar-refractivity contribution in [3.63, 3.8) is 0 Å². The fourth-order valence-electron chi connectivity index (χ4n) is 3.04. The quantitative estimate of drug-likeness (QED) is 0.901. The summed E-state index contributed by atoms with van der Waals surface area (Å²) >= 11 is 0. The molecule has 118 valence electrons. The Balaban J connectivity index is 0.00000220. The molecule has 1 aromatic rings. The number of hydrogen-bond donors (Lipinski definition) is 1. The second kappa shape index (κ2) is 9.06. The lowest BCUT2D eigenvalue weighted by molar-refractivity contribution is -0.135. The van der Waals surface area contributed by atoms with E-state index in [0.717, 1.165) is 37.8 Å². The van der Waals surface area contributed by atoms with Crippen molar-refractivity contribution in [1.82, 2.24) is 4.90 Å². The van der Waals surface area contributed by atoms with Crippen LogP contribution >= 0.6 is 12.4 Å². The lowest BCUT2D eigenvalue weighted by Crippen LogP contribution is -2.43. The SMILES string of the molecule is CCC1CCCCN1C(=O)CCC(N)c1ccccc1.Cl. The molecule has 0 radical (unpaired) electrons. The minimum atomic E-state index is -0.0370. The van der Waals surface area contributed by atoms with Crippen LogP contribution in [0.15, 0.2) is 30.3 Å². The molecule has 0 spiro atoms. The van der Waals surface area contributed by atoms with Crippen LogP contribution in [-0.2, 0) is 4.79 Å². The summed E-state index contributed by atoms with van der Waals surface area (Å²) < 4.78 is 0. The normalized spacial score (nSPS) is 19.7. The summed E-state index contributed by atoms with van der Waals surface area (Å²) in [6, 6.07) is 10.5. The van der Waals surface area contributed by atoms with E-state index >= 15 is 0 Å². The molecule has 2 unspecified atom stereocenters. The number of piperidine rings is 1. The standard InChI is InChI=1S/C17H26N2O.ClH/c1-2-15-10-6-7-13-19(15)17(20)12-11-16(18)14-8-4-3-5-9-14;/h3-5,8-9,15-16H,2,6-7,10-13,18H2,1H3;1H. The van der Waals surface area contributed by atoms with E-state index in [-0.39, 0.29) is 24.4 Å². The van der Waals surface area contributed by atoms with Gasteiger partial charge in [0.05, 0.1) is 0 Å². The van der Waals surface area contributed by atoms with Gasteiger partial charge in [-0.05, 0) is 37.7 Å². The molecule has 1 aliphatic heterocycles. The average molecular weight is 311 g/mol. The fraction of sp³-hybridized carbons (Fsp3) is 0.588. The summed E-state index contributed by atoms with van der Waals surface area (Å²) in [5, 5.41) is 0. The first-order valence-corrected chi connectivity index (χ1v) is 7.82. The highest BCUT2D eigenvalue weighted by atomic mass is 35.5. The molecule has 1 saturated heterocycles. The predicted octanol–water partition coefficient (Wildman–Crippen LogP) is 3.68. The Labute approximate surface area is 134 Å². The van der Waals surface area contributed by atoms with E-state index < -0.39 is 0 Å². The van der Waals surface area contributed by atoms with Crippen LogP contribution in [-0.4, -0.2) is 23.4 Å². The van der Waals surface area contributed by atoms with Crippen LogP contribution in [0.3, 0.4) is 0 Å². The van der Waals surface area contributed by atoms with Crippen LogP contribution in [0.4, 0.5) is 0 Å². The molecule has 2 N–H and O–H groups in total. The maximum Gasteiger partial charge on any atom is 0.222 e. The number of nitrogens with zero attached hydrogens (tertiary/aromatic N) is 1. The third kappa shape index (κ3) is 5.01. The molecule has 0 aliphatic carbocycles. The minimum absolute atomic E-state index is 0. The Kier molecular flexibility index (Phi) is 7.76. The topological polar surface area (TPSA) is 46.3 Å². The van der Waals surface area contributed by atoms with Crippen LogP contribution < -0.4 is 5.73 Å². The van der Waals surface area contributed by atoms with Crippen LogP contribution in [0.25, 0.3) is 0 Å². The van der Waals surface area contributed by atoms with Gasteiger partial charge in [-0.1, -0.05) is 37.3 Å². The van der Waals surface area contributed by atoms with Gasteiger partial charge in [-0.15, -0.1) is 12.4 Å². The van der Waals surface area contributed by atoms with Crippen molar-refractivity contribution in [3.8, 4) is 0 Å². The lowest BCUT2D eigenvalue weighted by Gasteiger charge is -2.35. The van der Waals surface area contributed by atoms with Gasteiger partial charge in [-0.25, -0.2) is 0 Å². The van der Waals surface area contributed by atoms with Gasteiger partial charge in [0.1, 0.15) is 0 Å². The zero-order chi connectivity index (χ0) is 14.4.